The minimum Gasteiger partial charge on any atom is -0.497 e. The zero-order chi connectivity index (χ0) is 16.9. The summed E-state index contributed by atoms with van der Waals surface area (Å²) >= 11 is 0. The molecule has 1 N–H and O–H groups in total. The topological polar surface area (TPSA) is 35.9 Å². The lowest BCUT2D eigenvalue weighted by molar-refractivity contribution is 0.109. The van der Waals surface area contributed by atoms with Gasteiger partial charge in [-0.1, -0.05) is 24.3 Å². The van der Waals surface area contributed by atoms with Gasteiger partial charge in [-0.15, -0.1) is 0 Å². The molecule has 1 atom stereocenters. The van der Waals surface area contributed by atoms with Crippen LogP contribution in [0.15, 0.2) is 48.5 Å². The molecule has 0 aromatic heterocycles. The van der Waals surface area contributed by atoms with Crippen molar-refractivity contribution in [1.82, 2.24) is 4.90 Å². The summed E-state index contributed by atoms with van der Waals surface area (Å²) in [5.41, 5.74) is 1.54. The van der Waals surface area contributed by atoms with Gasteiger partial charge in [0.05, 0.1) is 18.9 Å². The van der Waals surface area contributed by atoms with Crippen LogP contribution >= 0.6 is 0 Å². The molecule has 1 saturated heterocycles. The highest BCUT2D eigenvalue weighted by atomic mass is 19.1. The van der Waals surface area contributed by atoms with Crippen LogP contribution in [0.25, 0.3) is 0 Å². The van der Waals surface area contributed by atoms with E-state index >= 15 is 0 Å². The minimum atomic E-state index is -0.532. The number of nitrogens with zero attached hydrogens (tertiary/aromatic N) is 2. The van der Waals surface area contributed by atoms with Crippen LogP contribution in [0.1, 0.15) is 11.7 Å². The summed E-state index contributed by atoms with van der Waals surface area (Å²) in [5, 5.41) is 10.4. The molecule has 2 aromatic rings. The quantitative estimate of drug-likeness (QED) is 0.914. The Morgan fingerprint density at radius 1 is 1.04 bits per heavy atom. The number of halogens is 1. The second kappa shape index (κ2) is 7.64. The summed E-state index contributed by atoms with van der Waals surface area (Å²) in [5.74, 6) is 0.605. The van der Waals surface area contributed by atoms with Gasteiger partial charge in [0, 0.05) is 32.7 Å². The highest BCUT2D eigenvalue weighted by Crippen LogP contribution is 2.22. The number of β-amino-alcohol motifs (C(OH)–C–C–N with tert-alkyl or cyclic N) is 1. The molecule has 24 heavy (non-hydrogen) atoms. The molecule has 4 nitrogen and oxygen atoms in total. The van der Waals surface area contributed by atoms with Crippen LogP contribution in [0.4, 0.5) is 10.1 Å². The third kappa shape index (κ3) is 3.86. The largest absolute Gasteiger partial charge is 0.497 e. The first-order valence-corrected chi connectivity index (χ1v) is 8.21. The smallest absolute Gasteiger partial charge is 0.146 e. The summed E-state index contributed by atoms with van der Waals surface area (Å²) < 4.78 is 19.0. The average molecular weight is 330 g/mol. The van der Waals surface area contributed by atoms with Crippen LogP contribution in [0.3, 0.4) is 0 Å². The van der Waals surface area contributed by atoms with Crippen LogP contribution in [-0.4, -0.2) is 49.8 Å². The van der Waals surface area contributed by atoms with E-state index < -0.39 is 6.10 Å². The number of hydrogen-bond acceptors (Lipinski definition) is 4. The Kier molecular flexibility index (Phi) is 5.33. The minimum absolute atomic E-state index is 0.177. The zero-order valence-corrected chi connectivity index (χ0v) is 13.9. The molecule has 0 aliphatic carbocycles. The number of methoxy groups -OCH3 is 1. The molecule has 1 heterocycles. The van der Waals surface area contributed by atoms with Gasteiger partial charge in [0.1, 0.15) is 11.6 Å². The summed E-state index contributed by atoms with van der Waals surface area (Å²) in [7, 11) is 1.63. The number of aliphatic hydroxyl groups excluding tert-OH is 1. The van der Waals surface area contributed by atoms with Crippen molar-refractivity contribution in [3.8, 4) is 5.75 Å². The normalized spacial score (nSPS) is 16.9. The lowest BCUT2D eigenvalue weighted by atomic mass is 10.1. The van der Waals surface area contributed by atoms with Gasteiger partial charge in [0.2, 0.25) is 0 Å². The van der Waals surface area contributed by atoms with Gasteiger partial charge < -0.3 is 14.7 Å². The standard InChI is InChI=1S/C19H23FN2O2/c1-24-16-8-6-15(7-9-16)19(23)14-21-10-12-22(13-11-21)18-5-3-2-4-17(18)20/h2-9,19,23H,10-14H2,1H3/t19-/m0/s1. The average Bonchev–Trinajstić information content (AvgIpc) is 2.63. The summed E-state index contributed by atoms with van der Waals surface area (Å²) in [4.78, 5) is 4.28. The van der Waals surface area contributed by atoms with Gasteiger partial charge in [0.25, 0.3) is 0 Å². The lowest BCUT2D eigenvalue weighted by Crippen LogP contribution is -2.47. The highest BCUT2D eigenvalue weighted by Gasteiger charge is 2.21. The van der Waals surface area contributed by atoms with Gasteiger partial charge in [-0.3, -0.25) is 4.90 Å². The van der Waals surface area contributed by atoms with Crippen molar-refractivity contribution < 1.29 is 14.2 Å². The number of rotatable bonds is 5. The van der Waals surface area contributed by atoms with E-state index in [0.29, 0.717) is 12.2 Å². The third-order valence-electron chi connectivity index (χ3n) is 4.50. The van der Waals surface area contributed by atoms with E-state index in [1.807, 2.05) is 36.4 Å². The van der Waals surface area contributed by atoms with Gasteiger partial charge in [-0.25, -0.2) is 4.39 Å². The van der Waals surface area contributed by atoms with E-state index in [0.717, 1.165) is 37.5 Å². The third-order valence-corrected chi connectivity index (χ3v) is 4.50. The molecule has 1 fully saturated rings. The Bertz CT molecular complexity index is 655. The first kappa shape index (κ1) is 16.7. The highest BCUT2D eigenvalue weighted by molar-refractivity contribution is 5.48. The molecule has 0 radical (unpaired) electrons. The van der Waals surface area contributed by atoms with Gasteiger partial charge in [-0.05, 0) is 29.8 Å². The molecule has 5 heteroatoms. The molecule has 0 unspecified atom stereocenters. The van der Waals surface area contributed by atoms with Gasteiger partial charge in [0.15, 0.2) is 0 Å². The Morgan fingerprint density at radius 3 is 2.33 bits per heavy atom. The first-order chi connectivity index (χ1) is 11.7. The molecular formula is C19H23FN2O2. The fraction of sp³-hybridized carbons (Fsp3) is 0.368. The molecule has 1 aliphatic rings. The lowest BCUT2D eigenvalue weighted by Gasteiger charge is -2.37. The number of anilines is 1. The monoisotopic (exact) mass is 330 g/mol. The van der Waals surface area contributed by atoms with Crippen molar-refractivity contribution >= 4 is 5.69 Å². The van der Waals surface area contributed by atoms with E-state index in [4.69, 9.17) is 4.74 Å². The Morgan fingerprint density at radius 2 is 1.71 bits per heavy atom. The molecule has 2 aromatic carbocycles. The Balaban J connectivity index is 1.54. The fourth-order valence-corrected chi connectivity index (χ4v) is 3.06. The summed E-state index contributed by atoms with van der Waals surface area (Å²) in [6.07, 6.45) is -0.532. The molecule has 0 spiro atoms. The van der Waals surface area contributed by atoms with Crippen molar-refractivity contribution in [2.45, 2.75) is 6.10 Å². The number of piperazine rings is 1. The van der Waals surface area contributed by atoms with Crippen LogP contribution in [0, 0.1) is 5.82 Å². The first-order valence-electron chi connectivity index (χ1n) is 8.21. The molecule has 0 amide bonds. The molecular weight excluding hydrogens is 307 g/mol. The molecule has 128 valence electrons. The van der Waals surface area contributed by atoms with Crippen LogP contribution in [0.5, 0.6) is 5.75 Å². The van der Waals surface area contributed by atoms with Crippen molar-refractivity contribution in [3.05, 3.63) is 59.9 Å². The molecule has 0 saturated carbocycles. The maximum atomic E-state index is 13.9. The van der Waals surface area contributed by atoms with E-state index in [-0.39, 0.29) is 5.82 Å². The second-order valence-electron chi connectivity index (χ2n) is 6.03. The molecule has 1 aliphatic heterocycles. The fourth-order valence-electron chi connectivity index (χ4n) is 3.06. The number of ether oxygens (including phenoxy) is 1. The van der Waals surface area contributed by atoms with Crippen LogP contribution in [0.2, 0.25) is 0 Å². The molecule has 3 rings (SSSR count). The predicted molar refractivity (Wildman–Crippen MR) is 93.0 cm³/mol. The van der Waals surface area contributed by atoms with Crippen molar-refractivity contribution in [1.29, 1.82) is 0 Å². The number of aliphatic hydroxyl groups is 1. The number of hydrogen-bond donors (Lipinski definition) is 1. The Labute approximate surface area is 142 Å². The zero-order valence-electron chi connectivity index (χ0n) is 13.9. The van der Waals surface area contributed by atoms with E-state index in [1.165, 1.54) is 6.07 Å². The summed E-state index contributed by atoms with van der Waals surface area (Å²) in [6.45, 7) is 3.72. The maximum absolute atomic E-state index is 13.9. The van der Waals surface area contributed by atoms with E-state index in [9.17, 15) is 9.50 Å². The van der Waals surface area contributed by atoms with E-state index in [2.05, 4.69) is 9.80 Å². The van der Waals surface area contributed by atoms with E-state index in [1.54, 1.807) is 13.2 Å². The molecule has 0 bridgehead atoms. The van der Waals surface area contributed by atoms with Gasteiger partial charge >= 0.3 is 0 Å². The SMILES string of the molecule is COc1ccc([C@@H](O)CN2CCN(c3ccccc3F)CC2)cc1. The number of para-hydroxylation sites is 1. The second-order valence-corrected chi connectivity index (χ2v) is 6.03. The predicted octanol–water partition coefficient (Wildman–Crippen LogP) is 2.69. The van der Waals surface area contributed by atoms with Crippen molar-refractivity contribution in [3.63, 3.8) is 0 Å². The van der Waals surface area contributed by atoms with Crippen LogP contribution in [-0.2, 0) is 0 Å². The van der Waals surface area contributed by atoms with Crippen molar-refractivity contribution in [2.24, 2.45) is 0 Å². The number of benzene rings is 2. The summed E-state index contributed by atoms with van der Waals surface area (Å²) in [6, 6.07) is 14.4. The van der Waals surface area contributed by atoms with Crippen LogP contribution < -0.4 is 9.64 Å². The maximum Gasteiger partial charge on any atom is 0.146 e. The van der Waals surface area contributed by atoms with Gasteiger partial charge in [-0.2, -0.15) is 0 Å². The van der Waals surface area contributed by atoms with Crippen molar-refractivity contribution in [2.75, 3.05) is 44.7 Å². The Hall–Kier alpha value is -2.11.